The van der Waals surface area contributed by atoms with Crippen molar-refractivity contribution in [2.24, 2.45) is 5.92 Å². The first kappa shape index (κ1) is 30.9. The number of rotatable bonds is 13. The molecule has 2 aromatic carbocycles. The molecule has 2 aliphatic rings. The molecule has 5 rings (SSSR count). The SMILES string of the molecule is O=C(NC(CC1CCCCC1)C(O)C(=O)O)C(Cc1cnc[nH]1)NC(=O)C(Cc1ccccc1)N1Cc2ccccc2C1=O. The first-order valence-corrected chi connectivity index (χ1v) is 15.2. The largest absolute Gasteiger partial charge is 0.479 e. The fraction of sp³-hybridized carbons (Fsp3) is 0.424. The monoisotopic (exact) mass is 601 g/mol. The minimum atomic E-state index is -1.80. The number of aliphatic hydroxyl groups excluding tert-OH is 1. The Labute approximate surface area is 256 Å². The van der Waals surface area contributed by atoms with Gasteiger partial charge in [-0.15, -0.1) is 0 Å². The highest BCUT2D eigenvalue weighted by Gasteiger charge is 2.38. The summed E-state index contributed by atoms with van der Waals surface area (Å²) in [6.07, 6.45) is 6.77. The molecular weight excluding hydrogens is 562 g/mol. The van der Waals surface area contributed by atoms with E-state index in [0.717, 1.165) is 43.2 Å². The van der Waals surface area contributed by atoms with E-state index in [1.807, 2.05) is 42.5 Å². The average Bonchev–Trinajstić information content (AvgIpc) is 3.67. The van der Waals surface area contributed by atoms with Gasteiger partial charge in [0.2, 0.25) is 11.8 Å². The molecule has 0 saturated heterocycles. The maximum atomic E-state index is 14.1. The smallest absolute Gasteiger partial charge is 0.334 e. The zero-order valence-corrected chi connectivity index (χ0v) is 24.5. The number of carbonyl (C=O) groups excluding carboxylic acids is 3. The number of H-pyrrole nitrogens is 1. The Morgan fingerprint density at radius 2 is 1.68 bits per heavy atom. The standard InChI is InChI=1S/C33H39N5O6/c39-29(33(43)44)26(15-21-9-3-1-4-10-21)36-30(40)27(17-24-18-34-20-35-24)37-31(41)28(16-22-11-5-2-6-12-22)38-19-23-13-7-8-14-25(23)32(38)42/h2,5-8,11-14,18,20-21,26-29,39H,1,3-4,9-10,15-17,19H2,(H,34,35)(H,36,40)(H,37,41)(H,43,44). The molecule has 3 amide bonds. The summed E-state index contributed by atoms with van der Waals surface area (Å²) in [4.78, 5) is 61.6. The molecule has 5 N–H and O–H groups in total. The van der Waals surface area contributed by atoms with Crippen LogP contribution in [0.15, 0.2) is 67.1 Å². The Morgan fingerprint density at radius 1 is 0.955 bits per heavy atom. The zero-order valence-electron chi connectivity index (χ0n) is 24.5. The summed E-state index contributed by atoms with van der Waals surface area (Å²) in [6.45, 7) is 0.256. The molecule has 2 heterocycles. The predicted octanol–water partition coefficient (Wildman–Crippen LogP) is 2.61. The Hall–Kier alpha value is -4.51. The van der Waals surface area contributed by atoms with Gasteiger partial charge >= 0.3 is 5.97 Å². The van der Waals surface area contributed by atoms with E-state index in [0.29, 0.717) is 17.7 Å². The fourth-order valence-electron chi connectivity index (χ4n) is 6.31. The number of aliphatic hydroxyl groups is 1. The molecule has 0 spiro atoms. The lowest BCUT2D eigenvalue weighted by molar-refractivity contribution is -0.149. The minimum Gasteiger partial charge on any atom is -0.479 e. The number of benzene rings is 2. The summed E-state index contributed by atoms with van der Waals surface area (Å²) < 4.78 is 0. The van der Waals surface area contributed by atoms with Crippen LogP contribution in [-0.4, -0.2) is 73.0 Å². The number of nitrogens with one attached hydrogen (secondary N) is 3. The highest BCUT2D eigenvalue weighted by Crippen LogP contribution is 2.29. The van der Waals surface area contributed by atoms with Crippen LogP contribution in [0.5, 0.6) is 0 Å². The van der Waals surface area contributed by atoms with Crippen LogP contribution in [0.2, 0.25) is 0 Å². The van der Waals surface area contributed by atoms with Crippen LogP contribution in [0.3, 0.4) is 0 Å². The molecule has 4 unspecified atom stereocenters. The molecule has 4 atom stereocenters. The number of carbonyl (C=O) groups is 4. The van der Waals surface area contributed by atoms with E-state index in [9.17, 15) is 29.4 Å². The molecule has 1 aromatic heterocycles. The van der Waals surface area contributed by atoms with Crippen molar-refractivity contribution in [3.63, 3.8) is 0 Å². The number of hydrogen-bond acceptors (Lipinski definition) is 6. The molecule has 1 saturated carbocycles. The normalized spacial score (nSPS) is 17.8. The van der Waals surface area contributed by atoms with E-state index in [4.69, 9.17) is 0 Å². The fourth-order valence-corrected chi connectivity index (χ4v) is 6.31. The third-order valence-corrected chi connectivity index (χ3v) is 8.69. The average molecular weight is 602 g/mol. The first-order chi connectivity index (χ1) is 21.3. The number of hydrogen-bond donors (Lipinski definition) is 5. The lowest BCUT2D eigenvalue weighted by atomic mass is 9.83. The van der Waals surface area contributed by atoms with Crippen LogP contribution in [0.4, 0.5) is 0 Å². The summed E-state index contributed by atoms with van der Waals surface area (Å²) in [6, 6.07) is 13.5. The topological polar surface area (TPSA) is 165 Å². The molecule has 44 heavy (non-hydrogen) atoms. The van der Waals surface area contributed by atoms with Gasteiger partial charge in [0.05, 0.1) is 12.4 Å². The van der Waals surface area contributed by atoms with Gasteiger partial charge in [-0.25, -0.2) is 9.78 Å². The lowest BCUT2D eigenvalue weighted by Crippen LogP contribution is -2.58. The molecule has 232 valence electrons. The number of aromatic nitrogens is 2. The van der Waals surface area contributed by atoms with Crippen molar-refractivity contribution in [2.45, 2.75) is 82.1 Å². The Morgan fingerprint density at radius 3 is 2.36 bits per heavy atom. The van der Waals surface area contributed by atoms with Gasteiger partial charge in [0.15, 0.2) is 6.10 Å². The van der Waals surface area contributed by atoms with Gasteiger partial charge in [-0.2, -0.15) is 0 Å². The molecule has 1 aliphatic carbocycles. The van der Waals surface area contributed by atoms with E-state index in [-0.39, 0.29) is 31.2 Å². The van der Waals surface area contributed by atoms with Crippen molar-refractivity contribution in [1.29, 1.82) is 0 Å². The highest BCUT2D eigenvalue weighted by molar-refractivity contribution is 6.01. The van der Waals surface area contributed by atoms with Gasteiger partial charge in [0.25, 0.3) is 5.91 Å². The minimum absolute atomic E-state index is 0.0448. The molecule has 0 bridgehead atoms. The summed E-state index contributed by atoms with van der Waals surface area (Å²) in [7, 11) is 0. The van der Waals surface area contributed by atoms with Crippen LogP contribution < -0.4 is 10.6 Å². The number of imidazole rings is 1. The van der Waals surface area contributed by atoms with Gasteiger partial charge in [-0.3, -0.25) is 14.4 Å². The van der Waals surface area contributed by atoms with E-state index in [1.165, 1.54) is 11.2 Å². The molecule has 11 nitrogen and oxygen atoms in total. The Balaban J connectivity index is 1.38. The van der Waals surface area contributed by atoms with E-state index in [1.54, 1.807) is 18.3 Å². The van der Waals surface area contributed by atoms with Crippen LogP contribution in [-0.2, 0) is 33.8 Å². The summed E-state index contributed by atoms with van der Waals surface area (Å²) >= 11 is 0. The summed E-state index contributed by atoms with van der Waals surface area (Å²) in [5, 5.41) is 25.7. The molecular formula is C33H39N5O6. The third-order valence-electron chi connectivity index (χ3n) is 8.69. The molecule has 11 heteroatoms. The molecule has 0 radical (unpaired) electrons. The van der Waals surface area contributed by atoms with Crippen molar-refractivity contribution >= 4 is 23.7 Å². The number of amides is 3. The lowest BCUT2D eigenvalue weighted by Gasteiger charge is -2.31. The third kappa shape index (κ3) is 7.52. The van der Waals surface area contributed by atoms with Crippen molar-refractivity contribution < 1.29 is 29.4 Å². The molecule has 1 aliphatic heterocycles. The van der Waals surface area contributed by atoms with Crippen LogP contribution >= 0.6 is 0 Å². The molecule has 1 fully saturated rings. The maximum Gasteiger partial charge on any atom is 0.334 e. The summed E-state index contributed by atoms with van der Waals surface area (Å²) in [5.74, 6) is -2.64. The number of aliphatic carboxylic acids is 1. The van der Waals surface area contributed by atoms with E-state index >= 15 is 0 Å². The van der Waals surface area contributed by atoms with Crippen molar-refractivity contribution in [1.82, 2.24) is 25.5 Å². The Bertz CT molecular complexity index is 1440. The zero-order chi connectivity index (χ0) is 31.1. The number of fused-ring (bicyclic) bond motifs is 1. The summed E-state index contributed by atoms with van der Waals surface area (Å²) in [5.41, 5.74) is 2.79. The van der Waals surface area contributed by atoms with E-state index in [2.05, 4.69) is 20.6 Å². The van der Waals surface area contributed by atoms with Gasteiger partial charge in [-0.05, 0) is 29.5 Å². The van der Waals surface area contributed by atoms with Crippen molar-refractivity contribution in [3.05, 3.63) is 89.5 Å². The number of aromatic amines is 1. The quantitative estimate of drug-likeness (QED) is 0.201. The number of carboxylic acid groups (broad SMARTS) is 1. The number of nitrogens with zero attached hydrogens (tertiary/aromatic N) is 2. The van der Waals surface area contributed by atoms with Gasteiger partial charge < -0.3 is 30.7 Å². The van der Waals surface area contributed by atoms with Crippen LogP contribution in [0.25, 0.3) is 0 Å². The van der Waals surface area contributed by atoms with E-state index < -0.39 is 42.0 Å². The number of carboxylic acids is 1. The highest BCUT2D eigenvalue weighted by atomic mass is 16.4. The predicted molar refractivity (Wildman–Crippen MR) is 161 cm³/mol. The molecule has 3 aromatic rings. The maximum absolute atomic E-state index is 14.1. The Kier molecular flexibility index (Phi) is 10.1. The van der Waals surface area contributed by atoms with Crippen LogP contribution in [0, 0.1) is 5.92 Å². The second-order valence-electron chi connectivity index (χ2n) is 11.8. The van der Waals surface area contributed by atoms with Gasteiger partial charge in [0.1, 0.15) is 12.1 Å². The van der Waals surface area contributed by atoms with Gasteiger partial charge in [0, 0.05) is 36.8 Å². The van der Waals surface area contributed by atoms with Crippen molar-refractivity contribution in [2.75, 3.05) is 0 Å². The van der Waals surface area contributed by atoms with Crippen LogP contribution in [0.1, 0.15) is 65.7 Å². The first-order valence-electron chi connectivity index (χ1n) is 15.2. The second kappa shape index (κ2) is 14.3. The van der Waals surface area contributed by atoms with Gasteiger partial charge in [-0.1, -0.05) is 80.6 Å². The second-order valence-corrected chi connectivity index (χ2v) is 11.8. The van der Waals surface area contributed by atoms with Crippen molar-refractivity contribution in [3.8, 4) is 0 Å².